The van der Waals surface area contributed by atoms with Crippen molar-refractivity contribution in [1.29, 1.82) is 0 Å². The number of rotatable bonds is 2. The number of hydrogen-bond donors (Lipinski definition) is 0. The Morgan fingerprint density at radius 1 is 1.26 bits per heavy atom. The van der Waals surface area contributed by atoms with E-state index in [1.54, 1.807) is 0 Å². The number of anilines is 1. The minimum Gasteiger partial charge on any atom is -0.347 e. The summed E-state index contributed by atoms with van der Waals surface area (Å²) in [6.45, 7) is 5.96. The smallest absolute Gasteiger partial charge is 0.278 e. The van der Waals surface area contributed by atoms with E-state index in [0.29, 0.717) is 11.4 Å². The molecule has 1 fully saturated rings. The molecule has 102 valence electrons. The molecular formula is C13H18N4OS. The maximum Gasteiger partial charge on any atom is 0.278 e. The van der Waals surface area contributed by atoms with Crippen molar-refractivity contribution in [3.05, 3.63) is 21.6 Å². The Labute approximate surface area is 115 Å². The molecule has 0 bridgehead atoms. The Hall–Kier alpha value is -1.43. The van der Waals surface area contributed by atoms with Crippen LogP contribution >= 0.6 is 11.3 Å². The largest absolute Gasteiger partial charge is 0.347 e. The van der Waals surface area contributed by atoms with E-state index in [2.05, 4.69) is 15.0 Å². The lowest BCUT2D eigenvalue weighted by Crippen LogP contribution is -2.29. The van der Waals surface area contributed by atoms with Crippen molar-refractivity contribution in [3.8, 4) is 0 Å². The molecule has 0 atom stereocenters. The maximum atomic E-state index is 12.3. The van der Waals surface area contributed by atoms with Gasteiger partial charge in [0, 0.05) is 24.3 Å². The molecule has 19 heavy (non-hydrogen) atoms. The molecule has 0 unspecified atom stereocenters. The molecule has 0 amide bonds. The molecule has 6 heteroatoms. The Morgan fingerprint density at radius 3 is 2.68 bits per heavy atom. The van der Waals surface area contributed by atoms with Crippen molar-refractivity contribution >= 4 is 21.4 Å². The van der Waals surface area contributed by atoms with Crippen molar-refractivity contribution in [1.82, 2.24) is 14.6 Å². The van der Waals surface area contributed by atoms with E-state index in [1.165, 1.54) is 35.1 Å². The van der Waals surface area contributed by atoms with Gasteiger partial charge < -0.3 is 4.90 Å². The standard InChI is InChI=1S/C13H18N4OS/c1-3-10-9(2)14-12-17(11(10)18)15-13(19-12)16-7-5-4-6-8-16/h3-8H2,1-2H3. The minimum atomic E-state index is -0.00971. The number of hydrogen-bond acceptors (Lipinski definition) is 5. The third-order valence-electron chi connectivity index (χ3n) is 3.68. The second kappa shape index (κ2) is 4.92. The average molecular weight is 278 g/mol. The highest BCUT2D eigenvalue weighted by Crippen LogP contribution is 2.24. The van der Waals surface area contributed by atoms with E-state index in [1.807, 2.05) is 13.8 Å². The third-order valence-corrected chi connectivity index (χ3v) is 4.65. The summed E-state index contributed by atoms with van der Waals surface area (Å²) in [6, 6.07) is 0. The highest BCUT2D eigenvalue weighted by atomic mass is 32.1. The van der Waals surface area contributed by atoms with Crippen LogP contribution in [0.4, 0.5) is 5.13 Å². The van der Waals surface area contributed by atoms with Crippen molar-refractivity contribution in [2.24, 2.45) is 0 Å². The zero-order chi connectivity index (χ0) is 13.4. The number of aromatic nitrogens is 3. The summed E-state index contributed by atoms with van der Waals surface area (Å²) < 4.78 is 1.47. The Morgan fingerprint density at radius 2 is 2.00 bits per heavy atom. The summed E-state index contributed by atoms with van der Waals surface area (Å²) in [6.07, 6.45) is 4.41. The van der Waals surface area contributed by atoms with Crippen LogP contribution in [0.25, 0.3) is 4.96 Å². The monoisotopic (exact) mass is 278 g/mol. The van der Waals surface area contributed by atoms with Gasteiger partial charge in [-0.1, -0.05) is 18.3 Å². The summed E-state index contributed by atoms with van der Waals surface area (Å²) >= 11 is 1.52. The average Bonchev–Trinajstić information content (AvgIpc) is 2.84. The zero-order valence-electron chi connectivity index (χ0n) is 11.3. The molecule has 0 saturated carbocycles. The van der Waals surface area contributed by atoms with E-state index in [9.17, 15) is 4.79 Å². The lowest BCUT2D eigenvalue weighted by Gasteiger charge is -2.25. The Bertz CT molecular complexity index is 654. The van der Waals surface area contributed by atoms with E-state index in [4.69, 9.17) is 0 Å². The van der Waals surface area contributed by atoms with Crippen molar-refractivity contribution in [2.75, 3.05) is 18.0 Å². The van der Waals surface area contributed by atoms with E-state index in [0.717, 1.165) is 29.5 Å². The van der Waals surface area contributed by atoms with Crippen LogP contribution in [0.5, 0.6) is 0 Å². The number of aryl methyl sites for hydroxylation is 1. The molecule has 3 rings (SSSR count). The first kappa shape index (κ1) is 12.6. The molecule has 0 radical (unpaired) electrons. The van der Waals surface area contributed by atoms with Gasteiger partial charge in [-0.3, -0.25) is 4.79 Å². The number of nitrogens with zero attached hydrogens (tertiary/aromatic N) is 4. The lowest BCUT2D eigenvalue weighted by atomic mass is 10.1. The van der Waals surface area contributed by atoms with Crippen LogP contribution in [-0.4, -0.2) is 27.7 Å². The van der Waals surface area contributed by atoms with E-state index < -0.39 is 0 Å². The van der Waals surface area contributed by atoms with Gasteiger partial charge in [0.15, 0.2) is 0 Å². The molecule has 1 aliphatic heterocycles. The third kappa shape index (κ3) is 2.14. The Kier molecular flexibility index (Phi) is 3.26. The van der Waals surface area contributed by atoms with Crippen LogP contribution in [0.3, 0.4) is 0 Å². The highest BCUT2D eigenvalue weighted by Gasteiger charge is 2.18. The van der Waals surface area contributed by atoms with Crippen molar-refractivity contribution in [2.45, 2.75) is 39.5 Å². The summed E-state index contributed by atoms with van der Waals surface area (Å²) in [7, 11) is 0. The molecule has 1 aliphatic rings. The van der Waals surface area contributed by atoms with Crippen LogP contribution in [0.2, 0.25) is 0 Å². The normalized spacial score (nSPS) is 16.2. The van der Waals surface area contributed by atoms with Crippen LogP contribution in [0.1, 0.15) is 37.4 Å². The quantitative estimate of drug-likeness (QED) is 0.843. The van der Waals surface area contributed by atoms with Crippen LogP contribution in [-0.2, 0) is 6.42 Å². The highest BCUT2D eigenvalue weighted by molar-refractivity contribution is 7.20. The van der Waals surface area contributed by atoms with Gasteiger partial charge in [-0.25, -0.2) is 4.98 Å². The molecule has 2 aromatic heterocycles. The molecule has 3 heterocycles. The Balaban J connectivity index is 2.10. The van der Waals surface area contributed by atoms with Crippen LogP contribution < -0.4 is 10.5 Å². The van der Waals surface area contributed by atoms with Gasteiger partial charge in [0.2, 0.25) is 10.1 Å². The molecular weight excluding hydrogens is 260 g/mol. The molecule has 0 aromatic carbocycles. The lowest BCUT2D eigenvalue weighted by molar-refractivity contribution is 0.574. The van der Waals surface area contributed by atoms with Gasteiger partial charge in [-0.2, -0.15) is 4.52 Å². The fraction of sp³-hybridized carbons (Fsp3) is 0.615. The van der Waals surface area contributed by atoms with Gasteiger partial charge in [0.1, 0.15) is 0 Å². The second-order valence-electron chi connectivity index (χ2n) is 4.96. The van der Waals surface area contributed by atoms with E-state index >= 15 is 0 Å². The van der Waals surface area contributed by atoms with Gasteiger partial charge in [-0.15, -0.1) is 5.10 Å². The summed E-state index contributed by atoms with van der Waals surface area (Å²) in [5.74, 6) is 0. The summed E-state index contributed by atoms with van der Waals surface area (Å²) in [5, 5.41) is 5.40. The first-order chi connectivity index (χ1) is 9.20. The van der Waals surface area contributed by atoms with Gasteiger partial charge in [0.25, 0.3) is 5.56 Å². The minimum absolute atomic E-state index is 0.00971. The molecule has 0 aliphatic carbocycles. The van der Waals surface area contributed by atoms with E-state index in [-0.39, 0.29) is 5.56 Å². The molecule has 0 spiro atoms. The topological polar surface area (TPSA) is 50.5 Å². The summed E-state index contributed by atoms with van der Waals surface area (Å²) in [5.41, 5.74) is 1.60. The molecule has 2 aromatic rings. The summed E-state index contributed by atoms with van der Waals surface area (Å²) in [4.78, 5) is 19.8. The predicted octanol–water partition coefficient (Wildman–Crippen LogP) is 2.01. The fourth-order valence-electron chi connectivity index (χ4n) is 2.59. The molecule has 1 saturated heterocycles. The zero-order valence-corrected chi connectivity index (χ0v) is 12.2. The number of piperidine rings is 1. The van der Waals surface area contributed by atoms with Crippen molar-refractivity contribution in [3.63, 3.8) is 0 Å². The number of fused-ring (bicyclic) bond motifs is 1. The van der Waals surface area contributed by atoms with Crippen molar-refractivity contribution < 1.29 is 0 Å². The fourth-order valence-corrected chi connectivity index (χ4v) is 3.58. The molecule has 0 N–H and O–H groups in total. The van der Waals surface area contributed by atoms with Crippen LogP contribution in [0.15, 0.2) is 4.79 Å². The predicted molar refractivity (Wildman–Crippen MR) is 77.3 cm³/mol. The first-order valence-electron chi connectivity index (χ1n) is 6.85. The first-order valence-corrected chi connectivity index (χ1v) is 7.66. The SMILES string of the molecule is CCc1c(C)nc2sc(N3CCCCC3)nn2c1=O. The van der Waals surface area contributed by atoms with Gasteiger partial charge in [-0.05, 0) is 32.6 Å². The maximum absolute atomic E-state index is 12.3. The second-order valence-corrected chi connectivity index (χ2v) is 5.90. The molecule has 5 nitrogen and oxygen atoms in total. The van der Waals surface area contributed by atoms with Gasteiger partial charge in [0.05, 0.1) is 0 Å². The van der Waals surface area contributed by atoms with Crippen LogP contribution in [0, 0.1) is 6.92 Å². The van der Waals surface area contributed by atoms with Gasteiger partial charge >= 0.3 is 0 Å².